The normalized spacial score (nSPS) is 9.17. The van der Waals surface area contributed by atoms with Crippen molar-refractivity contribution < 1.29 is 9.90 Å². The summed E-state index contributed by atoms with van der Waals surface area (Å²) in [6.45, 7) is 7.72. The summed E-state index contributed by atoms with van der Waals surface area (Å²) >= 11 is 0. The fourth-order valence-electron chi connectivity index (χ4n) is 0.539. The van der Waals surface area contributed by atoms with Gasteiger partial charge in [0, 0.05) is 12.8 Å². The van der Waals surface area contributed by atoms with Crippen molar-refractivity contribution >= 4 is 5.78 Å². The molecule has 0 atom stereocenters. The summed E-state index contributed by atoms with van der Waals surface area (Å²) in [4.78, 5) is 10.2. The van der Waals surface area contributed by atoms with Gasteiger partial charge < -0.3 is 5.11 Å². The number of carbonyl (C=O) groups is 1. The highest BCUT2D eigenvalue weighted by atomic mass is 16.3. The van der Waals surface area contributed by atoms with Gasteiger partial charge in [-0.15, -0.1) is 0 Å². The largest absolute Gasteiger partial charge is 0.393 e. The van der Waals surface area contributed by atoms with Crippen molar-refractivity contribution in [2.45, 2.75) is 59.5 Å². The summed E-state index contributed by atoms with van der Waals surface area (Å²) in [6, 6.07) is 0. The third-order valence-corrected chi connectivity index (χ3v) is 1.73. The summed E-state index contributed by atoms with van der Waals surface area (Å²) < 4.78 is 0. The SMILES string of the molecule is CCC(=O)CC.CCC(O)CC. The predicted octanol–water partition coefficient (Wildman–Crippen LogP) is 2.54. The number of Topliss-reactive ketones (excluding diaryl/α,β-unsaturated/α-hetero) is 1. The van der Waals surface area contributed by atoms with Crippen LogP contribution in [0.2, 0.25) is 0 Å². The lowest BCUT2D eigenvalue weighted by Crippen LogP contribution is -1.99. The molecule has 0 saturated carbocycles. The molecule has 0 unspecified atom stereocenters. The molecule has 74 valence electrons. The zero-order valence-electron chi connectivity index (χ0n) is 8.76. The maximum absolute atomic E-state index is 10.2. The smallest absolute Gasteiger partial charge is 0.132 e. The highest BCUT2D eigenvalue weighted by molar-refractivity contribution is 5.77. The first-order chi connectivity index (χ1) is 5.62. The van der Waals surface area contributed by atoms with Gasteiger partial charge in [0.2, 0.25) is 0 Å². The van der Waals surface area contributed by atoms with Crippen LogP contribution in [0.15, 0.2) is 0 Å². The van der Waals surface area contributed by atoms with E-state index in [0.717, 1.165) is 12.8 Å². The van der Waals surface area contributed by atoms with Crippen molar-refractivity contribution in [1.82, 2.24) is 0 Å². The summed E-state index contributed by atoms with van der Waals surface area (Å²) in [5, 5.41) is 8.67. The third kappa shape index (κ3) is 12.3. The van der Waals surface area contributed by atoms with Crippen LogP contribution >= 0.6 is 0 Å². The molecule has 0 saturated heterocycles. The zero-order valence-corrected chi connectivity index (χ0v) is 8.76. The Hall–Kier alpha value is -0.370. The second kappa shape index (κ2) is 10.6. The van der Waals surface area contributed by atoms with Gasteiger partial charge in [-0.2, -0.15) is 0 Å². The minimum Gasteiger partial charge on any atom is -0.393 e. The molecule has 0 aliphatic rings. The van der Waals surface area contributed by atoms with Crippen molar-refractivity contribution in [3.63, 3.8) is 0 Å². The van der Waals surface area contributed by atoms with Crippen LogP contribution in [0, 0.1) is 0 Å². The molecule has 0 spiro atoms. The van der Waals surface area contributed by atoms with E-state index in [4.69, 9.17) is 5.11 Å². The van der Waals surface area contributed by atoms with Crippen LogP contribution in [-0.2, 0) is 4.79 Å². The minimum atomic E-state index is -0.0648. The van der Waals surface area contributed by atoms with E-state index in [1.807, 2.05) is 27.7 Å². The molecule has 2 heteroatoms. The average Bonchev–Trinajstić information content (AvgIpc) is 2.16. The predicted molar refractivity (Wildman–Crippen MR) is 52.2 cm³/mol. The molecule has 0 amide bonds. The maximum atomic E-state index is 10.2. The number of hydrogen-bond acceptors (Lipinski definition) is 2. The van der Waals surface area contributed by atoms with Crippen molar-refractivity contribution in [3.05, 3.63) is 0 Å². The molecule has 0 rings (SSSR count). The van der Waals surface area contributed by atoms with E-state index < -0.39 is 0 Å². The lowest BCUT2D eigenvalue weighted by Gasteiger charge is -1.98. The van der Waals surface area contributed by atoms with Gasteiger partial charge in [-0.25, -0.2) is 0 Å². The summed E-state index contributed by atoms with van der Waals surface area (Å²) in [5.74, 6) is 0.343. The Balaban J connectivity index is 0. The van der Waals surface area contributed by atoms with Crippen molar-refractivity contribution in [1.29, 1.82) is 0 Å². The Labute approximate surface area is 76.0 Å². The fraction of sp³-hybridized carbons (Fsp3) is 0.900. The molecule has 12 heavy (non-hydrogen) atoms. The molecular formula is C10H22O2. The second-order valence-electron chi connectivity index (χ2n) is 2.72. The summed E-state index contributed by atoms with van der Waals surface area (Å²) in [5.41, 5.74) is 0. The van der Waals surface area contributed by atoms with E-state index in [-0.39, 0.29) is 6.10 Å². The van der Waals surface area contributed by atoms with Gasteiger partial charge in [0.15, 0.2) is 0 Å². The first kappa shape index (κ1) is 14.2. The summed E-state index contributed by atoms with van der Waals surface area (Å²) in [6.07, 6.45) is 3.09. The molecule has 0 aliphatic carbocycles. The third-order valence-electron chi connectivity index (χ3n) is 1.73. The van der Waals surface area contributed by atoms with E-state index in [1.165, 1.54) is 0 Å². The van der Waals surface area contributed by atoms with Gasteiger partial charge in [-0.05, 0) is 12.8 Å². The number of carbonyl (C=O) groups excluding carboxylic acids is 1. The van der Waals surface area contributed by atoms with Crippen molar-refractivity contribution in [2.75, 3.05) is 0 Å². The van der Waals surface area contributed by atoms with Crippen LogP contribution in [0.3, 0.4) is 0 Å². The van der Waals surface area contributed by atoms with Crippen LogP contribution in [0.1, 0.15) is 53.4 Å². The van der Waals surface area contributed by atoms with Crippen LogP contribution in [0.4, 0.5) is 0 Å². The van der Waals surface area contributed by atoms with E-state index in [1.54, 1.807) is 0 Å². The number of aliphatic hydroxyl groups excluding tert-OH is 1. The van der Waals surface area contributed by atoms with Gasteiger partial charge in [-0.1, -0.05) is 27.7 Å². The standard InChI is InChI=1S/C5H12O.C5H10O/c2*1-3-5(6)4-2/h5-6H,3-4H2,1-2H3;3-4H2,1-2H3. The highest BCUT2D eigenvalue weighted by Gasteiger charge is 1.90. The molecule has 0 fully saturated rings. The van der Waals surface area contributed by atoms with Crippen LogP contribution in [0.25, 0.3) is 0 Å². The molecular weight excluding hydrogens is 152 g/mol. The number of rotatable bonds is 4. The lowest BCUT2D eigenvalue weighted by atomic mass is 10.2. The van der Waals surface area contributed by atoms with Gasteiger partial charge in [-0.3, -0.25) is 4.79 Å². The molecule has 0 aromatic heterocycles. The quantitative estimate of drug-likeness (QED) is 0.711. The molecule has 2 nitrogen and oxygen atoms in total. The van der Waals surface area contributed by atoms with E-state index in [9.17, 15) is 4.79 Å². The Bertz CT molecular complexity index is 90.0. The molecule has 0 aliphatic heterocycles. The Kier molecular flexibility index (Phi) is 12.6. The molecule has 0 heterocycles. The number of hydrogen-bond donors (Lipinski definition) is 1. The van der Waals surface area contributed by atoms with Crippen LogP contribution < -0.4 is 0 Å². The monoisotopic (exact) mass is 174 g/mol. The molecule has 0 radical (unpaired) electrons. The van der Waals surface area contributed by atoms with Gasteiger partial charge in [0.25, 0.3) is 0 Å². The van der Waals surface area contributed by atoms with Gasteiger partial charge >= 0.3 is 0 Å². The first-order valence-corrected chi connectivity index (χ1v) is 4.81. The van der Waals surface area contributed by atoms with Crippen LogP contribution in [0.5, 0.6) is 0 Å². The summed E-state index contributed by atoms with van der Waals surface area (Å²) in [7, 11) is 0. The molecule has 0 aromatic rings. The van der Waals surface area contributed by atoms with Crippen molar-refractivity contribution in [2.24, 2.45) is 0 Å². The van der Waals surface area contributed by atoms with Crippen LogP contribution in [-0.4, -0.2) is 17.0 Å². The average molecular weight is 174 g/mol. The lowest BCUT2D eigenvalue weighted by molar-refractivity contribution is -0.118. The molecule has 0 bridgehead atoms. The number of ketones is 1. The van der Waals surface area contributed by atoms with Gasteiger partial charge in [0.05, 0.1) is 6.10 Å². The van der Waals surface area contributed by atoms with E-state index >= 15 is 0 Å². The Morgan fingerprint density at radius 2 is 1.42 bits per heavy atom. The van der Waals surface area contributed by atoms with Gasteiger partial charge in [0.1, 0.15) is 5.78 Å². The minimum absolute atomic E-state index is 0.0648. The van der Waals surface area contributed by atoms with E-state index in [0.29, 0.717) is 18.6 Å². The Morgan fingerprint density at radius 3 is 1.42 bits per heavy atom. The zero-order chi connectivity index (χ0) is 9.98. The fourth-order valence-corrected chi connectivity index (χ4v) is 0.539. The second-order valence-corrected chi connectivity index (χ2v) is 2.72. The maximum Gasteiger partial charge on any atom is 0.132 e. The van der Waals surface area contributed by atoms with E-state index in [2.05, 4.69) is 0 Å². The van der Waals surface area contributed by atoms with Crippen molar-refractivity contribution in [3.8, 4) is 0 Å². The topological polar surface area (TPSA) is 37.3 Å². The first-order valence-electron chi connectivity index (χ1n) is 4.81. The molecule has 1 N–H and O–H groups in total. The highest BCUT2D eigenvalue weighted by Crippen LogP contribution is 1.92. The number of aliphatic hydroxyl groups is 1. The Morgan fingerprint density at radius 1 is 1.08 bits per heavy atom. The molecule has 0 aromatic carbocycles.